The third kappa shape index (κ3) is 16.7. The number of aryl methyl sites for hydroxylation is 3. The molecule has 0 atom stereocenters. The number of halogens is 2. The first kappa shape index (κ1) is 27.2. The Balaban J connectivity index is -0.000000252. The van der Waals surface area contributed by atoms with E-state index in [1.54, 1.807) is 23.3 Å². The molecule has 0 radical (unpaired) electrons. The smallest absolute Gasteiger partial charge is 0.0632 e. The van der Waals surface area contributed by atoms with Crippen LogP contribution in [0.4, 0.5) is 0 Å². The van der Waals surface area contributed by atoms with Crippen LogP contribution in [-0.4, -0.2) is 5.43 Å². The maximum absolute atomic E-state index is 2.31. The van der Waals surface area contributed by atoms with E-state index >= 15 is 0 Å². The van der Waals surface area contributed by atoms with Crippen LogP contribution in [0.25, 0.3) is 0 Å². The fourth-order valence-corrected chi connectivity index (χ4v) is 1.56. The first-order valence-corrected chi connectivity index (χ1v) is 13.6. The van der Waals surface area contributed by atoms with Crippen molar-refractivity contribution in [3.63, 3.8) is 0 Å². The van der Waals surface area contributed by atoms with E-state index in [0.717, 1.165) is 0 Å². The van der Waals surface area contributed by atoms with E-state index in [9.17, 15) is 0 Å². The van der Waals surface area contributed by atoms with Gasteiger partial charge in [0.2, 0.25) is 0 Å². The third-order valence-corrected chi connectivity index (χ3v) is 2.87. The minimum atomic E-state index is 0. The van der Waals surface area contributed by atoms with Gasteiger partial charge in [0, 0.05) is 0 Å². The zero-order valence-electron chi connectivity index (χ0n) is 14.4. The topological polar surface area (TPSA) is 0 Å². The first-order valence-electron chi connectivity index (χ1n) is 7.38. The molecule has 0 aliphatic rings. The van der Waals surface area contributed by atoms with Crippen LogP contribution >= 0.6 is 0 Å². The summed E-state index contributed by atoms with van der Waals surface area (Å²) in [6.45, 7) is 11.1. The number of unbranched alkanes of at least 4 members (excludes halogenated alkanes) is 1. The molecule has 0 N–H and O–H groups in total. The van der Waals surface area contributed by atoms with Crippen LogP contribution in [0, 0.1) is 13.8 Å². The Bertz CT molecular complexity index is 441. The van der Waals surface area contributed by atoms with Crippen LogP contribution in [-0.2, 0) is 29.8 Å². The Morgan fingerprint density at radius 3 is 1.82 bits per heavy atom. The minimum absolute atomic E-state index is 0. The summed E-state index contributed by atoms with van der Waals surface area (Å²) in [6.07, 6.45) is 3.87. The summed E-state index contributed by atoms with van der Waals surface area (Å²) in [4.78, 5) is 0. The Labute approximate surface area is 165 Å². The molecule has 0 heterocycles. The van der Waals surface area contributed by atoms with Gasteiger partial charge in [-0.3, -0.25) is 0 Å². The van der Waals surface area contributed by atoms with E-state index in [0.29, 0.717) is 0 Å². The van der Waals surface area contributed by atoms with Crippen molar-refractivity contribution in [1.29, 1.82) is 0 Å². The molecule has 0 aliphatic heterocycles. The van der Waals surface area contributed by atoms with E-state index in [4.69, 9.17) is 0 Å². The van der Waals surface area contributed by atoms with Gasteiger partial charge in [0.25, 0.3) is 0 Å². The van der Waals surface area contributed by atoms with Crippen molar-refractivity contribution < 1.29 is 48.1 Å². The van der Waals surface area contributed by atoms with E-state index in [1.807, 2.05) is 0 Å². The van der Waals surface area contributed by atoms with Crippen molar-refractivity contribution in [2.45, 2.75) is 53.1 Å². The molecule has 2 rings (SSSR count). The van der Waals surface area contributed by atoms with Gasteiger partial charge in [0.05, 0.1) is 0 Å². The van der Waals surface area contributed by atoms with Crippen LogP contribution in [0.2, 0.25) is 13.1 Å². The van der Waals surface area contributed by atoms with Gasteiger partial charge < -0.3 is 24.8 Å². The molecule has 4 heteroatoms. The van der Waals surface area contributed by atoms with Crippen LogP contribution in [0.15, 0.2) is 42.5 Å². The predicted octanol–water partition coefficient (Wildman–Crippen LogP) is -0.437. The molecule has 0 nitrogen and oxygen atoms in total. The van der Waals surface area contributed by atoms with Gasteiger partial charge in [-0.15, -0.1) is 0 Å². The number of rotatable bonds is 3. The van der Waals surface area contributed by atoms with Crippen molar-refractivity contribution in [2.24, 2.45) is 0 Å². The molecule has 2 aromatic rings. The number of hydrogen-bond acceptors (Lipinski definition) is 0. The van der Waals surface area contributed by atoms with Gasteiger partial charge in [-0.25, -0.2) is 24.3 Å². The summed E-state index contributed by atoms with van der Waals surface area (Å²) in [6, 6.07) is 14.9. The SMILES string of the molecule is CCCC[c-]1cccc1.C[Si](C)=[Zr+2].Cc1ccc[c-]1C.[Cl-].[Cl-]. The van der Waals surface area contributed by atoms with Crippen LogP contribution in [0.5, 0.6) is 0 Å². The second-order valence-corrected chi connectivity index (χ2v) is 14.7. The normalized spacial score (nSPS) is 8.32. The molecule has 0 bridgehead atoms. The monoisotopic (exact) mass is 432 g/mol. The van der Waals surface area contributed by atoms with Gasteiger partial charge in [-0.1, -0.05) is 40.0 Å². The summed E-state index contributed by atoms with van der Waals surface area (Å²) >= 11 is 1.74. The quantitative estimate of drug-likeness (QED) is 0.454. The van der Waals surface area contributed by atoms with E-state index in [2.05, 4.69) is 76.3 Å². The Morgan fingerprint density at radius 1 is 1.05 bits per heavy atom. The summed E-state index contributed by atoms with van der Waals surface area (Å²) in [5, 5.41) is 0. The minimum Gasteiger partial charge on any atom is -1.00 e. The van der Waals surface area contributed by atoms with Crippen molar-refractivity contribution in [2.75, 3.05) is 0 Å². The maximum atomic E-state index is 2.31. The molecular formula is C18H28Cl2SiZr-2. The molecule has 2 aromatic carbocycles. The maximum Gasteiger partial charge on any atom is -0.0632 e. The predicted molar refractivity (Wildman–Crippen MR) is 89.6 cm³/mol. The first-order chi connectivity index (χ1) is 9.47. The Morgan fingerprint density at radius 2 is 1.55 bits per heavy atom. The van der Waals surface area contributed by atoms with Crippen molar-refractivity contribution in [3.8, 4) is 0 Å². The Hall–Kier alpha value is 0.380. The fourth-order valence-electron chi connectivity index (χ4n) is 1.56. The standard InChI is InChI=1S/C9H13.C7H9.C2H6Si.2ClH.Zr/c1-2-3-6-9-7-4-5-8-9;1-6-4-3-5-7(6)2;1-3-2;;;/h4-5,7-8H,2-3,6H2,1H3;3-5H,1-2H3;1-2H3;2*1H;/q2*-1;;;;+2/p-2. The van der Waals surface area contributed by atoms with Gasteiger partial charge >= 0.3 is 41.9 Å². The molecule has 0 aromatic heterocycles. The zero-order chi connectivity index (χ0) is 15.4. The molecule has 0 unspecified atom stereocenters. The van der Waals surface area contributed by atoms with Gasteiger partial charge in [0.15, 0.2) is 0 Å². The molecule has 0 spiro atoms. The van der Waals surface area contributed by atoms with E-state index in [1.165, 1.54) is 36.0 Å². The molecule has 0 amide bonds. The van der Waals surface area contributed by atoms with Crippen molar-refractivity contribution in [3.05, 3.63) is 59.2 Å². The summed E-state index contributed by atoms with van der Waals surface area (Å²) in [5.41, 5.74) is 4.47. The summed E-state index contributed by atoms with van der Waals surface area (Å²) in [5.74, 6) is 0. The summed E-state index contributed by atoms with van der Waals surface area (Å²) < 4.78 is 0. The van der Waals surface area contributed by atoms with Gasteiger partial charge in [0.1, 0.15) is 0 Å². The average molecular weight is 435 g/mol. The average Bonchev–Trinajstić information content (AvgIpc) is 3.00. The molecule has 124 valence electrons. The van der Waals surface area contributed by atoms with E-state index < -0.39 is 0 Å². The Kier molecular flexibility index (Phi) is 22.0. The third-order valence-electron chi connectivity index (χ3n) is 2.87. The van der Waals surface area contributed by atoms with Gasteiger partial charge in [-0.2, -0.15) is 34.9 Å². The molecule has 0 saturated heterocycles. The molecule has 0 aliphatic carbocycles. The fraction of sp³-hybridized carbons (Fsp3) is 0.444. The molecule has 0 fully saturated rings. The largest absolute Gasteiger partial charge is 1.00 e. The molecule has 22 heavy (non-hydrogen) atoms. The van der Waals surface area contributed by atoms with Gasteiger partial charge in [-0.05, 0) is 0 Å². The zero-order valence-corrected chi connectivity index (χ0v) is 19.4. The van der Waals surface area contributed by atoms with Crippen LogP contribution in [0.3, 0.4) is 0 Å². The second kappa shape index (κ2) is 17.7. The van der Waals surface area contributed by atoms with Crippen LogP contribution in [0.1, 0.15) is 36.5 Å². The van der Waals surface area contributed by atoms with Crippen molar-refractivity contribution >= 4 is 5.43 Å². The number of hydrogen-bond donors (Lipinski definition) is 0. The molecule has 0 saturated carbocycles. The van der Waals surface area contributed by atoms with E-state index in [-0.39, 0.29) is 30.2 Å². The van der Waals surface area contributed by atoms with Crippen LogP contribution < -0.4 is 24.8 Å². The second-order valence-electron chi connectivity index (χ2n) is 5.29. The summed E-state index contributed by atoms with van der Waals surface area (Å²) in [7, 11) is 0. The molecular weight excluding hydrogens is 406 g/mol. The van der Waals surface area contributed by atoms with Crippen molar-refractivity contribution in [1.82, 2.24) is 0 Å².